The first-order valence-corrected chi connectivity index (χ1v) is 13.7. The predicted octanol–water partition coefficient (Wildman–Crippen LogP) is 1.22. The van der Waals surface area contributed by atoms with Gasteiger partial charge >= 0.3 is 0 Å². The third-order valence-electron chi connectivity index (χ3n) is 9.20. The lowest BCUT2D eigenvalue weighted by molar-refractivity contribution is -0.148. The maximum Gasteiger partial charge on any atom is 0.255 e. The van der Waals surface area contributed by atoms with Crippen LogP contribution in [0.2, 0.25) is 0 Å². The Morgan fingerprint density at radius 2 is 1.77 bits per heavy atom. The van der Waals surface area contributed by atoms with Crippen LogP contribution in [0, 0.1) is 11.8 Å². The molecule has 1 saturated carbocycles. The van der Waals surface area contributed by atoms with Gasteiger partial charge in [-0.15, -0.1) is 0 Å². The Kier molecular flexibility index (Phi) is 6.96. The van der Waals surface area contributed by atoms with E-state index in [0.717, 1.165) is 31.4 Å². The third-order valence-corrected chi connectivity index (χ3v) is 9.20. The first-order chi connectivity index (χ1) is 18.8. The number of nitrogens with zero attached hydrogens (tertiary/aromatic N) is 2. The van der Waals surface area contributed by atoms with E-state index in [1.165, 1.54) is 4.90 Å². The Balaban J connectivity index is 1.65. The zero-order valence-electron chi connectivity index (χ0n) is 23.3. The van der Waals surface area contributed by atoms with Gasteiger partial charge in [-0.25, -0.2) is 0 Å². The third kappa shape index (κ3) is 4.02. The zero-order chi connectivity index (χ0) is 29.3. The molecule has 4 aliphatic rings. The highest BCUT2D eigenvalue weighted by molar-refractivity contribution is 6.24. The molecule has 5 rings (SSSR count). The maximum absolute atomic E-state index is 14.1. The number of hydrogen-bond donors (Lipinski definition) is 6. The SMILES string of the molecule is CN(C)c1cc(CNC2CCCC2)c(O)c2c1C[C@H]1C[C@H]3[C@H](N(C)C)C(O)=C(C(N)=O)C(=O)[C@@]3(O)C(O)=C1C2=O. The van der Waals surface area contributed by atoms with Gasteiger partial charge in [0.2, 0.25) is 5.78 Å². The highest BCUT2D eigenvalue weighted by Crippen LogP contribution is 2.53. The number of benzene rings is 1. The molecule has 0 heterocycles. The van der Waals surface area contributed by atoms with Crippen molar-refractivity contribution in [3.8, 4) is 5.75 Å². The molecule has 216 valence electrons. The Labute approximate surface area is 232 Å². The fourth-order valence-electron chi connectivity index (χ4n) is 7.27. The summed E-state index contributed by atoms with van der Waals surface area (Å²) in [5.41, 5.74) is 3.74. The van der Waals surface area contributed by atoms with Crippen molar-refractivity contribution in [3.05, 3.63) is 45.4 Å². The first-order valence-electron chi connectivity index (χ1n) is 13.7. The molecule has 1 aromatic rings. The molecule has 11 heteroatoms. The second-order valence-corrected chi connectivity index (χ2v) is 12.0. The highest BCUT2D eigenvalue weighted by Gasteiger charge is 2.63. The molecule has 1 amide bonds. The van der Waals surface area contributed by atoms with E-state index in [4.69, 9.17) is 5.73 Å². The number of phenolic OH excluding ortho intramolecular Hbond substituents is 1. The average Bonchev–Trinajstić information content (AvgIpc) is 3.39. The molecule has 4 atom stereocenters. The molecule has 7 N–H and O–H groups in total. The number of carbonyl (C=O) groups is 3. The van der Waals surface area contributed by atoms with E-state index < -0.39 is 58.0 Å². The molecule has 1 fully saturated rings. The van der Waals surface area contributed by atoms with Gasteiger partial charge in [0.1, 0.15) is 22.8 Å². The summed E-state index contributed by atoms with van der Waals surface area (Å²) in [5.74, 6) is -6.44. The van der Waals surface area contributed by atoms with Crippen LogP contribution in [0.4, 0.5) is 5.69 Å². The van der Waals surface area contributed by atoms with Crippen LogP contribution < -0.4 is 16.0 Å². The fourth-order valence-corrected chi connectivity index (χ4v) is 7.27. The molecule has 0 aromatic heterocycles. The number of aromatic hydroxyl groups is 1. The number of anilines is 1. The van der Waals surface area contributed by atoms with Gasteiger partial charge in [0.15, 0.2) is 11.4 Å². The highest BCUT2D eigenvalue weighted by atomic mass is 16.3. The van der Waals surface area contributed by atoms with E-state index in [1.807, 2.05) is 25.1 Å². The molecule has 11 nitrogen and oxygen atoms in total. The van der Waals surface area contributed by atoms with Crippen molar-refractivity contribution in [1.29, 1.82) is 0 Å². The molecule has 0 radical (unpaired) electrons. The second-order valence-electron chi connectivity index (χ2n) is 12.0. The number of primary amides is 1. The summed E-state index contributed by atoms with van der Waals surface area (Å²) >= 11 is 0. The number of nitrogens with one attached hydrogen (secondary N) is 1. The number of aliphatic hydroxyl groups excluding tert-OH is 2. The van der Waals surface area contributed by atoms with Gasteiger partial charge in [-0.1, -0.05) is 12.8 Å². The Morgan fingerprint density at radius 3 is 2.35 bits per heavy atom. The summed E-state index contributed by atoms with van der Waals surface area (Å²) in [4.78, 5) is 43.1. The Bertz CT molecular complexity index is 1360. The van der Waals surface area contributed by atoms with E-state index in [2.05, 4.69) is 5.32 Å². The van der Waals surface area contributed by atoms with E-state index in [1.54, 1.807) is 14.1 Å². The minimum Gasteiger partial charge on any atom is -0.510 e. The van der Waals surface area contributed by atoms with Gasteiger partial charge in [0.25, 0.3) is 5.91 Å². The summed E-state index contributed by atoms with van der Waals surface area (Å²) in [6, 6.07) is 1.19. The van der Waals surface area contributed by atoms with Crippen LogP contribution >= 0.6 is 0 Å². The van der Waals surface area contributed by atoms with Crippen LogP contribution in [0.15, 0.2) is 28.7 Å². The largest absolute Gasteiger partial charge is 0.510 e. The van der Waals surface area contributed by atoms with Crippen LogP contribution in [0.3, 0.4) is 0 Å². The van der Waals surface area contributed by atoms with E-state index in [0.29, 0.717) is 23.7 Å². The van der Waals surface area contributed by atoms with Gasteiger partial charge in [0, 0.05) is 49.4 Å². The fraction of sp³-hybridized carbons (Fsp3) is 0.552. The average molecular weight is 555 g/mol. The predicted molar refractivity (Wildman–Crippen MR) is 147 cm³/mol. The lowest BCUT2D eigenvalue weighted by Gasteiger charge is -2.50. The summed E-state index contributed by atoms with van der Waals surface area (Å²) < 4.78 is 0. The van der Waals surface area contributed by atoms with Crippen molar-refractivity contribution in [2.75, 3.05) is 33.1 Å². The van der Waals surface area contributed by atoms with E-state index in [9.17, 15) is 34.8 Å². The smallest absolute Gasteiger partial charge is 0.255 e. The van der Waals surface area contributed by atoms with Gasteiger partial charge < -0.3 is 36.4 Å². The van der Waals surface area contributed by atoms with Gasteiger partial charge in [-0.2, -0.15) is 0 Å². The number of fused-ring (bicyclic) bond motifs is 3. The van der Waals surface area contributed by atoms with Crippen LogP contribution in [0.5, 0.6) is 5.75 Å². The zero-order valence-corrected chi connectivity index (χ0v) is 23.3. The number of Topliss-reactive ketones (excluding diaryl/α,β-unsaturated/α-hetero) is 2. The van der Waals surface area contributed by atoms with Crippen molar-refractivity contribution in [3.63, 3.8) is 0 Å². The van der Waals surface area contributed by atoms with Gasteiger partial charge in [-0.05, 0) is 57.3 Å². The number of aliphatic hydroxyl groups is 3. The number of allylic oxidation sites excluding steroid dienone is 1. The minimum absolute atomic E-state index is 0.0372. The van der Waals surface area contributed by atoms with Crippen molar-refractivity contribution >= 4 is 23.2 Å². The van der Waals surface area contributed by atoms with E-state index >= 15 is 0 Å². The molecule has 0 bridgehead atoms. The van der Waals surface area contributed by atoms with Crippen LogP contribution in [0.1, 0.15) is 53.6 Å². The minimum atomic E-state index is -2.65. The summed E-state index contributed by atoms with van der Waals surface area (Å²) in [5, 5.41) is 49.0. The number of hydrogen-bond acceptors (Lipinski definition) is 10. The number of ketones is 2. The maximum atomic E-state index is 14.1. The van der Waals surface area contributed by atoms with Crippen molar-refractivity contribution in [2.45, 2.75) is 62.8 Å². The topological polar surface area (TPSA) is 177 Å². The number of phenols is 1. The quantitative estimate of drug-likeness (QED) is 0.280. The Morgan fingerprint density at radius 1 is 1.12 bits per heavy atom. The summed E-state index contributed by atoms with van der Waals surface area (Å²) in [6.45, 7) is 0.355. The molecular formula is C29H38N4O7. The molecule has 0 aliphatic heterocycles. The van der Waals surface area contributed by atoms with E-state index in [-0.39, 0.29) is 29.7 Å². The standard InChI is InChI=1S/C29H38N4O7/c1-32(2)18-11-14(12-31-15-7-5-6-8-15)23(34)20-16(18)9-13-10-17-22(33(3)4)25(36)21(28(30)39)27(38)29(17,40)26(37)19(13)24(20)35/h11,13,15,17,22,31,34,36-37,40H,5-10,12H2,1-4H3,(H2,30,39)/t13-,17-,22-,29-/m0/s1. The molecule has 0 saturated heterocycles. The molecule has 0 unspecified atom stereocenters. The summed E-state index contributed by atoms with van der Waals surface area (Å²) in [6.07, 6.45) is 4.70. The van der Waals surface area contributed by atoms with Crippen LogP contribution in [-0.2, 0) is 22.6 Å². The first kappa shape index (κ1) is 28.1. The Hall–Kier alpha value is -3.41. The molecule has 0 spiro atoms. The van der Waals surface area contributed by atoms with Crippen LogP contribution in [-0.4, -0.2) is 88.7 Å². The normalized spacial score (nSPS) is 28.6. The number of likely N-dealkylation sites (N-methyl/N-ethyl adjacent to an activating group) is 1. The molecule has 4 aliphatic carbocycles. The molecule has 40 heavy (non-hydrogen) atoms. The van der Waals surface area contributed by atoms with Crippen molar-refractivity contribution in [2.24, 2.45) is 17.6 Å². The van der Waals surface area contributed by atoms with Crippen molar-refractivity contribution in [1.82, 2.24) is 10.2 Å². The summed E-state index contributed by atoms with van der Waals surface area (Å²) in [7, 11) is 6.92. The lowest BCUT2D eigenvalue weighted by Crippen LogP contribution is -2.63. The molecular weight excluding hydrogens is 516 g/mol. The number of rotatable bonds is 6. The number of amides is 1. The van der Waals surface area contributed by atoms with Gasteiger partial charge in [0.05, 0.1) is 11.6 Å². The number of carbonyl (C=O) groups excluding carboxylic acids is 3. The van der Waals surface area contributed by atoms with Crippen molar-refractivity contribution < 1.29 is 34.8 Å². The van der Waals surface area contributed by atoms with Crippen LogP contribution in [0.25, 0.3) is 0 Å². The lowest BCUT2D eigenvalue weighted by atomic mass is 9.58. The molecule has 1 aromatic carbocycles. The number of nitrogens with two attached hydrogens (primary N) is 1. The monoisotopic (exact) mass is 554 g/mol. The van der Waals surface area contributed by atoms with Gasteiger partial charge in [-0.3, -0.25) is 19.3 Å². The second kappa shape index (κ2) is 9.90.